The quantitative estimate of drug-likeness (QED) is 0.163. The molecular formula is C28H36N4O5. The molecule has 1 heterocycles. The molecule has 0 aliphatic rings. The second-order valence-corrected chi connectivity index (χ2v) is 7.62. The largest absolute Gasteiger partial charge is 0.497 e. The van der Waals surface area contributed by atoms with E-state index < -0.39 is 0 Å². The third-order valence-corrected chi connectivity index (χ3v) is 4.80. The van der Waals surface area contributed by atoms with Crippen molar-refractivity contribution in [3.63, 3.8) is 0 Å². The maximum Gasteiger partial charge on any atom is 0.321 e. The predicted molar refractivity (Wildman–Crippen MR) is 146 cm³/mol. The van der Waals surface area contributed by atoms with E-state index in [1.807, 2.05) is 42.5 Å². The summed E-state index contributed by atoms with van der Waals surface area (Å²) in [4.78, 5) is 32.3. The van der Waals surface area contributed by atoms with Gasteiger partial charge in [-0.05, 0) is 43.2 Å². The van der Waals surface area contributed by atoms with Crippen LogP contribution in [0.4, 0.5) is 11.5 Å². The lowest BCUT2D eigenvalue weighted by Crippen LogP contribution is -2.10. The third kappa shape index (κ3) is 13.0. The van der Waals surface area contributed by atoms with Gasteiger partial charge in [-0.2, -0.15) is 5.48 Å². The van der Waals surface area contributed by atoms with Gasteiger partial charge in [0.25, 0.3) is 0 Å². The zero-order valence-corrected chi connectivity index (χ0v) is 22.0. The first-order valence-electron chi connectivity index (χ1n) is 11.9. The molecule has 3 rings (SSSR count). The topological polar surface area (TPSA) is 112 Å². The summed E-state index contributed by atoms with van der Waals surface area (Å²) < 4.78 is 10.1. The molecule has 0 radical (unpaired) electrons. The van der Waals surface area contributed by atoms with Crippen molar-refractivity contribution in [3.8, 4) is 18.1 Å². The number of anilines is 2. The highest BCUT2D eigenvalue weighted by Gasteiger charge is 2.05. The Balaban J connectivity index is 0.000000357. The highest BCUT2D eigenvalue weighted by atomic mass is 16.7. The Morgan fingerprint density at radius 2 is 1.86 bits per heavy atom. The van der Waals surface area contributed by atoms with Gasteiger partial charge < -0.3 is 24.4 Å². The average Bonchev–Trinajstić information content (AvgIpc) is 2.91. The molecule has 2 aromatic carbocycles. The normalized spacial score (nSPS) is 9.59. The van der Waals surface area contributed by atoms with Crippen LogP contribution in [0.25, 0.3) is 10.9 Å². The Kier molecular flexibility index (Phi) is 16.1. The molecule has 0 bridgehead atoms. The number of hydrogen-bond acceptors (Lipinski definition) is 9. The van der Waals surface area contributed by atoms with E-state index in [1.165, 1.54) is 26.7 Å². The molecule has 198 valence electrons. The molecule has 0 aliphatic carbocycles. The molecule has 0 spiro atoms. The van der Waals surface area contributed by atoms with E-state index in [1.54, 1.807) is 14.2 Å². The van der Waals surface area contributed by atoms with E-state index in [0.717, 1.165) is 65.9 Å². The van der Waals surface area contributed by atoms with E-state index in [9.17, 15) is 9.59 Å². The van der Waals surface area contributed by atoms with Gasteiger partial charge in [0.15, 0.2) is 0 Å². The number of fused-ring (bicyclic) bond motifs is 1. The number of nitrogens with zero attached hydrogens (tertiary/aromatic N) is 2. The van der Waals surface area contributed by atoms with Crippen molar-refractivity contribution < 1.29 is 23.9 Å². The summed E-state index contributed by atoms with van der Waals surface area (Å²) >= 11 is 0. The second kappa shape index (κ2) is 19.2. The molecule has 2 N–H and O–H groups in total. The van der Waals surface area contributed by atoms with Crippen LogP contribution in [0.3, 0.4) is 0 Å². The van der Waals surface area contributed by atoms with Crippen molar-refractivity contribution in [1.82, 2.24) is 15.4 Å². The molecule has 0 saturated heterocycles. The van der Waals surface area contributed by atoms with Crippen LogP contribution in [0.1, 0.15) is 44.6 Å². The first kappa shape index (κ1) is 31.0. The number of aldehydes is 1. The Labute approximate surface area is 218 Å². The van der Waals surface area contributed by atoms with Gasteiger partial charge in [-0.25, -0.2) is 9.97 Å². The maximum atomic E-state index is 9.87. The van der Waals surface area contributed by atoms with Gasteiger partial charge in [0.1, 0.15) is 24.2 Å². The minimum atomic E-state index is -0.322. The van der Waals surface area contributed by atoms with Gasteiger partial charge in [-0.15, -0.1) is 6.42 Å². The van der Waals surface area contributed by atoms with Gasteiger partial charge >= 0.3 is 5.97 Å². The Hall–Kier alpha value is -4.00. The molecule has 9 heteroatoms. The number of ether oxygens (including phenoxy) is 2. The zero-order valence-electron chi connectivity index (χ0n) is 22.0. The number of nitrogens with one attached hydrogen (secondary N) is 2. The number of hydrogen-bond donors (Lipinski definition) is 2. The summed E-state index contributed by atoms with van der Waals surface area (Å²) in [5, 5.41) is 4.19. The van der Waals surface area contributed by atoms with E-state index >= 15 is 0 Å². The van der Waals surface area contributed by atoms with Crippen LogP contribution in [0, 0.1) is 12.3 Å². The SMILES string of the molecule is C#Cc1cccc(Nc2ncnc3cc(OC)ccc23)c1.CNOC(C)=O.COCCCCCCC=O. The van der Waals surface area contributed by atoms with Crippen molar-refractivity contribution in [3.05, 3.63) is 54.4 Å². The summed E-state index contributed by atoms with van der Waals surface area (Å²) in [6.45, 7) is 2.18. The van der Waals surface area contributed by atoms with Gasteiger partial charge in [-0.3, -0.25) is 4.79 Å². The lowest BCUT2D eigenvalue weighted by molar-refractivity contribution is -0.147. The van der Waals surface area contributed by atoms with Crippen LogP contribution in [-0.2, 0) is 19.2 Å². The third-order valence-electron chi connectivity index (χ3n) is 4.80. The van der Waals surface area contributed by atoms with Gasteiger partial charge in [0.2, 0.25) is 0 Å². The predicted octanol–water partition coefficient (Wildman–Crippen LogP) is 4.83. The zero-order chi connectivity index (χ0) is 27.3. The average molecular weight is 509 g/mol. The second-order valence-electron chi connectivity index (χ2n) is 7.62. The fourth-order valence-corrected chi connectivity index (χ4v) is 3.06. The van der Waals surface area contributed by atoms with E-state index in [0.29, 0.717) is 6.42 Å². The lowest BCUT2D eigenvalue weighted by Gasteiger charge is -2.09. The van der Waals surface area contributed by atoms with Crippen LogP contribution < -0.4 is 15.5 Å². The number of hydroxylamine groups is 1. The fourth-order valence-electron chi connectivity index (χ4n) is 3.06. The molecule has 0 fully saturated rings. The summed E-state index contributed by atoms with van der Waals surface area (Å²) in [7, 11) is 4.87. The molecule has 0 atom stereocenters. The molecule has 0 saturated carbocycles. The number of methoxy groups -OCH3 is 2. The molecule has 37 heavy (non-hydrogen) atoms. The first-order valence-corrected chi connectivity index (χ1v) is 11.9. The highest BCUT2D eigenvalue weighted by Crippen LogP contribution is 2.26. The monoisotopic (exact) mass is 508 g/mol. The van der Waals surface area contributed by atoms with Crippen molar-refractivity contribution in [1.29, 1.82) is 0 Å². The molecular weight excluding hydrogens is 472 g/mol. The minimum Gasteiger partial charge on any atom is -0.497 e. The number of terminal acetylenes is 1. The standard InChI is InChI=1S/C17H13N3O.C8H16O2.C3H7NO2/c1-3-12-5-4-6-13(9-12)20-17-15-8-7-14(21-2)10-16(15)18-11-19-17;1-10-8-6-4-2-3-5-7-9;1-3(5)6-4-2/h1,4-11H,2H3,(H,18,19,20);7H,2-6,8H2,1H3;4H,1-2H3. The summed E-state index contributed by atoms with van der Waals surface area (Å²) in [6.07, 6.45) is 13.1. The number of unbranched alkanes of at least 4 members (excludes halogenated alkanes) is 4. The van der Waals surface area contributed by atoms with Crippen molar-refractivity contribution in [2.45, 2.75) is 39.0 Å². The van der Waals surface area contributed by atoms with Crippen LogP contribution in [0.2, 0.25) is 0 Å². The molecule has 9 nitrogen and oxygen atoms in total. The van der Waals surface area contributed by atoms with E-state index in [2.05, 4.69) is 31.5 Å². The van der Waals surface area contributed by atoms with Crippen LogP contribution in [0.5, 0.6) is 5.75 Å². The number of rotatable bonds is 11. The smallest absolute Gasteiger partial charge is 0.321 e. The molecule has 0 amide bonds. The Morgan fingerprint density at radius 1 is 1.08 bits per heavy atom. The van der Waals surface area contributed by atoms with Crippen molar-refractivity contribution >= 4 is 34.7 Å². The van der Waals surface area contributed by atoms with Crippen LogP contribution >= 0.6 is 0 Å². The van der Waals surface area contributed by atoms with Crippen molar-refractivity contribution in [2.75, 3.05) is 33.2 Å². The lowest BCUT2D eigenvalue weighted by atomic mass is 10.2. The first-order chi connectivity index (χ1) is 18.0. The fraction of sp³-hybridized carbons (Fsp3) is 0.357. The van der Waals surface area contributed by atoms with Crippen molar-refractivity contribution in [2.24, 2.45) is 0 Å². The Morgan fingerprint density at radius 3 is 2.49 bits per heavy atom. The van der Waals surface area contributed by atoms with Gasteiger partial charge in [0.05, 0.1) is 12.6 Å². The number of carbonyl (C=O) groups excluding carboxylic acids is 2. The van der Waals surface area contributed by atoms with E-state index in [4.69, 9.17) is 15.9 Å². The molecule has 0 aliphatic heterocycles. The van der Waals surface area contributed by atoms with Gasteiger partial charge in [0, 0.05) is 56.8 Å². The maximum absolute atomic E-state index is 9.87. The van der Waals surface area contributed by atoms with Gasteiger partial charge in [-0.1, -0.05) is 24.8 Å². The summed E-state index contributed by atoms with van der Waals surface area (Å²) in [6, 6.07) is 13.3. The number of aromatic nitrogens is 2. The number of benzene rings is 2. The Bertz CT molecular complexity index is 1130. The summed E-state index contributed by atoms with van der Waals surface area (Å²) in [5.41, 5.74) is 4.75. The minimum absolute atomic E-state index is 0.322. The molecule has 3 aromatic rings. The molecule has 1 aromatic heterocycles. The van der Waals surface area contributed by atoms with E-state index in [-0.39, 0.29) is 5.97 Å². The molecule has 0 unspecified atom stereocenters. The number of carbonyl (C=O) groups is 2. The summed E-state index contributed by atoms with van der Waals surface area (Å²) in [5.74, 6) is 3.79. The van der Waals surface area contributed by atoms with Crippen LogP contribution in [-0.4, -0.2) is 50.1 Å². The van der Waals surface area contributed by atoms with Crippen LogP contribution in [0.15, 0.2) is 48.8 Å². The highest BCUT2D eigenvalue weighted by molar-refractivity contribution is 5.91.